The topological polar surface area (TPSA) is 70.6 Å². The molecule has 1 aliphatic heterocycles. The van der Waals surface area contributed by atoms with Gasteiger partial charge in [0.25, 0.3) is 5.91 Å². The molecule has 1 amide bonds. The van der Waals surface area contributed by atoms with Gasteiger partial charge >= 0.3 is 0 Å². The number of amides is 1. The van der Waals surface area contributed by atoms with Crippen LogP contribution in [0.2, 0.25) is 0 Å². The number of aromatic nitrogens is 2. The maximum Gasteiger partial charge on any atom is 0.272 e. The first-order valence-electron chi connectivity index (χ1n) is 9.43. The van der Waals surface area contributed by atoms with E-state index in [9.17, 15) is 4.79 Å². The van der Waals surface area contributed by atoms with Gasteiger partial charge in [0.2, 0.25) is 5.95 Å². The number of piperazine rings is 1. The third-order valence-corrected chi connectivity index (χ3v) is 4.99. The van der Waals surface area contributed by atoms with Crippen LogP contribution < -0.4 is 15.0 Å². The van der Waals surface area contributed by atoms with Gasteiger partial charge in [-0.2, -0.15) is 0 Å². The Morgan fingerprint density at radius 3 is 2.44 bits per heavy atom. The Balaban J connectivity index is 1.40. The minimum Gasteiger partial charge on any atom is -0.497 e. The van der Waals surface area contributed by atoms with Crippen LogP contribution >= 0.6 is 0 Å². The zero-order chi connectivity index (χ0) is 18.8. The third-order valence-electron chi connectivity index (χ3n) is 4.99. The maximum atomic E-state index is 12.9. The van der Waals surface area contributed by atoms with E-state index in [1.54, 1.807) is 13.2 Å². The Bertz CT molecular complexity index is 812. The van der Waals surface area contributed by atoms with E-state index in [2.05, 4.69) is 32.3 Å². The Morgan fingerprint density at radius 1 is 1.11 bits per heavy atom. The van der Waals surface area contributed by atoms with Crippen LogP contribution in [0.1, 0.15) is 29.0 Å². The SMILES string of the molecule is COc1ccc(N2CCN(C(=O)c3cc(C)nc(NC4CC4)n3)CC2)cc1. The molecule has 0 unspecified atom stereocenters. The lowest BCUT2D eigenvalue weighted by Gasteiger charge is -2.36. The van der Waals surface area contributed by atoms with Crippen molar-refractivity contribution in [3.05, 3.63) is 41.7 Å². The van der Waals surface area contributed by atoms with Crippen molar-refractivity contribution in [1.29, 1.82) is 0 Å². The smallest absolute Gasteiger partial charge is 0.272 e. The van der Waals surface area contributed by atoms with Crippen LogP contribution in [0.3, 0.4) is 0 Å². The summed E-state index contributed by atoms with van der Waals surface area (Å²) < 4.78 is 5.21. The lowest BCUT2D eigenvalue weighted by atomic mass is 10.2. The highest BCUT2D eigenvalue weighted by Crippen LogP contribution is 2.24. The molecule has 2 aliphatic rings. The monoisotopic (exact) mass is 367 g/mol. The summed E-state index contributed by atoms with van der Waals surface area (Å²) in [6.07, 6.45) is 2.29. The molecule has 1 aliphatic carbocycles. The summed E-state index contributed by atoms with van der Waals surface area (Å²) in [7, 11) is 1.67. The van der Waals surface area contributed by atoms with Crippen molar-refractivity contribution in [2.45, 2.75) is 25.8 Å². The maximum absolute atomic E-state index is 12.9. The van der Waals surface area contributed by atoms with E-state index < -0.39 is 0 Å². The fourth-order valence-corrected chi connectivity index (χ4v) is 3.28. The lowest BCUT2D eigenvalue weighted by molar-refractivity contribution is 0.0740. The molecule has 1 aromatic heterocycles. The number of methoxy groups -OCH3 is 1. The number of benzene rings is 1. The van der Waals surface area contributed by atoms with Crippen LogP contribution in [-0.4, -0.2) is 60.1 Å². The van der Waals surface area contributed by atoms with Gasteiger partial charge in [0.1, 0.15) is 11.4 Å². The predicted octanol–water partition coefficient (Wildman–Crippen LogP) is 2.33. The molecule has 2 aromatic rings. The standard InChI is InChI=1S/C20H25N5O2/c1-14-13-18(23-20(21-14)22-15-3-4-15)19(26)25-11-9-24(10-12-25)16-5-7-17(27-2)8-6-16/h5-8,13,15H,3-4,9-12H2,1-2H3,(H,21,22,23). The van der Waals surface area contributed by atoms with Gasteiger partial charge in [0.05, 0.1) is 7.11 Å². The third kappa shape index (κ3) is 4.13. The van der Waals surface area contributed by atoms with Gasteiger partial charge in [-0.1, -0.05) is 0 Å². The molecular weight excluding hydrogens is 342 g/mol. The molecule has 7 nitrogen and oxygen atoms in total. The van der Waals surface area contributed by atoms with E-state index in [1.165, 1.54) is 0 Å². The highest BCUT2D eigenvalue weighted by atomic mass is 16.5. The number of anilines is 2. The Morgan fingerprint density at radius 2 is 1.81 bits per heavy atom. The number of nitrogens with one attached hydrogen (secondary N) is 1. The number of rotatable bonds is 5. The molecule has 0 spiro atoms. The number of nitrogens with zero attached hydrogens (tertiary/aromatic N) is 4. The zero-order valence-electron chi connectivity index (χ0n) is 15.8. The van der Waals surface area contributed by atoms with Gasteiger partial charge in [-0.15, -0.1) is 0 Å². The molecule has 1 N–H and O–H groups in total. The van der Waals surface area contributed by atoms with Crippen molar-refractivity contribution in [3.8, 4) is 5.75 Å². The normalized spacial score (nSPS) is 17.0. The number of carbonyl (C=O) groups excluding carboxylic acids is 1. The molecule has 0 atom stereocenters. The van der Waals surface area contributed by atoms with Gasteiger partial charge in [0.15, 0.2) is 0 Å². The van der Waals surface area contributed by atoms with Gasteiger partial charge in [0, 0.05) is 43.6 Å². The average molecular weight is 367 g/mol. The summed E-state index contributed by atoms with van der Waals surface area (Å²) in [6.45, 7) is 4.86. The van der Waals surface area contributed by atoms with E-state index in [-0.39, 0.29) is 5.91 Å². The second kappa shape index (κ2) is 7.42. The van der Waals surface area contributed by atoms with Gasteiger partial charge in [-0.25, -0.2) is 9.97 Å². The first-order chi connectivity index (χ1) is 13.1. The van der Waals surface area contributed by atoms with Gasteiger partial charge in [-0.3, -0.25) is 4.79 Å². The van der Waals surface area contributed by atoms with Crippen LogP contribution in [0.5, 0.6) is 5.75 Å². The molecule has 27 heavy (non-hydrogen) atoms. The summed E-state index contributed by atoms with van der Waals surface area (Å²) in [5.74, 6) is 1.40. The molecule has 7 heteroatoms. The molecule has 4 rings (SSSR count). The van der Waals surface area contributed by atoms with Crippen molar-refractivity contribution in [2.24, 2.45) is 0 Å². The minimum absolute atomic E-state index is 0.0197. The molecule has 0 radical (unpaired) electrons. The number of carbonyl (C=O) groups is 1. The number of hydrogen-bond acceptors (Lipinski definition) is 6. The van der Waals surface area contributed by atoms with Crippen LogP contribution in [0.25, 0.3) is 0 Å². The molecule has 0 bridgehead atoms. The molecule has 2 heterocycles. The molecule has 1 saturated heterocycles. The van der Waals surface area contributed by atoms with E-state index >= 15 is 0 Å². The van der Waals surface area contributed by atoms with Gasteiger partial charge in [-0.05, 0) is 50.1 Å². The summed E-state index contributed by atoms with van der Waals surface area (Å²) in [5.41, 5.74) is 2.44. The van der Waals surface area contributed by atoms with Crippen LogP contribution in [0.4, 0.5) is 11.6 Å². The quantitative estimate of drug-likeness (QED) is 0.875. The summed E-state index contributed by atoms with van der Waals surface area (Å²) in [5, 5.41) is 3.28. The Hall–Kier alpha value is -2.83. The van der Waals surface area contributed by atoms with E-state index in [4.69, 9.17) is 4.74 Å². The van der Waals surface area contributed by atoms with Crippen LogP contribution in [0, 0.1) is 6.92 Å². The van der Waals surface area contributed by atoms with Crippen molar-refractivity contribution >= 4 is 17.5 Å². The van der Waals surface area contributed by atoms with Crippen LogP contribution in [0.15, 0.2) is 30.3 Å². The highest BCUT2D eigenvalue weighted by Gasteiger charge is 2.26. The Kier molecular flexibility index (Phi) is 4.83. The zero-order valence-corrected chi connectivity index (χ0v) is 15.8. The molecule has 1 aromatic carbocycles. The molecule has 1 saturated carbocycles. The summed E-state index contributed by atoms with van der Waals surface area (Å²) in [6, 6.07) is 10.3. The lowest BCUT2D eigenvalue weighted by Crippen LogP contribution is -2.49. The highest BCUT2D eigenvalue weighted by molar-refractivity contribution is 5.92. The fourth-order valence-electron chi connectivity index (χ4n) is 3.28. The van der Waals surface area contributed by atoms with Crippen molar-refractivity contribution in [3.63, 3.8) is 0 Å². The van der Waals surface area contributed by atoms with Crippen LogP contribution in [-0.2, 0) is 0 Å². The van der Waals surface area contributed by atoms with Crippen molar-refractivity contribution in [1.82, 2.24) is 14.9 Å². The predicted molar refractivity (Wildman–Crippen MR) is 105 cm³/mol. The number of aryl methyl sites for hydroxylation is 1. The summed E-state index contributed by atoms with van der Waals surface area (Å²) >= 11 is 0. The number of hydrogen-bond donors (Lipinski definition) is 1. The van der Waals surface area contributed by atoms with Crippen molar-refractivity contribution in [2.75, 3.05) is 43.5 Å². The Labute approximate surface area is 159 Å². The average Bonchev–Trinajstić information content (AvgIpc) is 3.51. The first-order valence-corrected chi connectivity index (χ1v) is 9.43. The molecule has 2 fully saturated rings. The van der Waals surface area contributed by atoms with Gasteiger partial charge < -0.3 is 19.9 Å². The van der Waals surface area contributed by atoms with E-state index in [1.807, 2.05) is 24.0 Å². The fraction of sp³-hybridized carbons (Fsp3) is 0.450. The first kappa shape index (κ1) is 17.6. The second-order valence-corrected chi connectivity index (χ2v) is 7.11. The minimum atomic E-state index is -0.0197. The van der Waals surface area contributed by atoms with Crippen molar-refractivity contribution < 1.29 is 9.53 Å². The van der Waals surface area contributed by atoms with E-state index in [0.717, 1.165) is 43.1 Å². The largest absolute Gasteiger partial charge is 0.497 e. The van der Waals surface area contributed by atoms with E-state index in [0.29, 0.717) is 30.8 Å². The number of ether oxygens (including phenoxy) is 1. The second-order valence-electron chi connectivity index (χ2n) is 7.11. The summed E-state index contributed by atoms with van der Waals surface area (Å²) in [4.78, 5) is 25.9. The molecule has 142 valence electrons. The molecular formula is C20H25N5O2.